The lowest BCUT2D eigenvalue weighted by atomic mass is 9.81. The van der Waals surface area contributed by atoms with Crippen molar-refractivity contribution in [3.05, 3.63) is 44.2 Å². The van der Waals surface area contributed by atoms with Gasteiger partial charge < -0.3 is 15.2 Å². The van der Waals surface area contributed by atoms with Gasteiger partial charge in [0.1, 0.15) is 6.07 Å². The van der Waals surface area contributed by atoms with Gasteiger partial charge in [-0.2, -0.15) is 10.4 Å². The zero-order chi connectivity index (χ0) is 22.5. The number of nitrogens with two attached hydrogens (primary N) is 1. The predicted molar refractivity (Wildman–Crippen MR) is 110 cm³/mol. The molecule has 1 aliphatic rings. The fourth-order valence-corrected chi connectivity index (χ4v) is 3.24. The van der Waals surface area contributed by atoms with Gasteiger partial charge in [-0.25, -0.2) is 14.7 Å². The number of hydrogen-bond donors (Lipinski definition) is 3. The summed E-state index contributed by atoms with van der Waals surface area (Å²) in [5.41, 5.74) is 6.87. The zero-order valence-electron chi connectivity index (χ0n) is 15.6. The van der Waals surface area contributed by atoms with Gasteiger partial charge in [0.25, 0.3) is 5.56 Å². The van der Waals surface area contributed by atoms with Crippen molar-refractivity contribution >= 4 is 46.7 Å². The molecule has 1 heterocycles. The number of aromatic nitrogens is 2. The quantitative estimate of drug-likeness (QED) is 0.253. The van der Waals surface area contributed by atoms with Gasteiger partial charge in [-0.15, -0.1) is 5.10 Å². The molecule has 4 N–H and O–H groups in total. The van der Waals surface area contributed by atoms with E-state index < -0.39 is 17.8 Å². The van der Waals surface area contributed by atoms with Gasteiger partial charge in [-0.1, -0.05) is 29.6 Å². The number of ether oxygens (including phenoxy) is 2. The maximum atomic E-state index is 12.0. The van der Waals surface area contributed by atoms with E-state index in [1.807, 2.05) is 0 Å². The van der Waals surface area contributed by atoms with Crippen LogP contribution in [0, 0.1) is 11.3 Å². The van der Waals surface area contributed by atoms with Crippen LogP contribution >= 0.6 is 23.2 Å². The van der Waals surface area contributed by atoms with Crippen molar-refractivity contribution in [1.82, 2.24) is 10.2 Å². The van der Waals surface area contributed by atoms with Crippen LogP contribution in [0.3, 0.4) is 0 Å². The number of nitrogens with zero attached hydrogens (tertiary/aromatic N) is 3. The molecule has 0 aliphatic heterocycles. The number of hydrazone groups is 1. The van der Waals surface area contributed by atoms with Gasteiger partial charge in [0.15, 0.2) is 5.75 Å². The van der Waals surface area contributed by atoms with Gasteiger partial charge in [0, 0.05) is 11.6 Å². The van der Waals surface area contributed by atoms with Crippen LogP contribution in [0.25, 0.3) is 0 Å². The van der Waals surface area contributed by atoms with Crippen molar-refractivity contribution in [2.24, 2.45) is 10.8 Å². The van der Waals surface area contributed by atoms with Gasteiger partial charge in [-0.3, -0.25) is 10.2 Å². The molecule has 3 rings (SSSR count). The maximum absolute atomic E-state index is 12.0. The molecular formula is C18H14Cl2N6O5. The van der Waals surface area contributed by atoms with E-state index in [-0.39, 0.29) is 38.8 Å². The van der Waals surface area contributed by atoms with E-state index in [1.165, 1.54) is 18.2 Å². The molecular weight excluding hydrogens is 451 g/mol. The van der Waals surface area contributed by atoms with Gasteiger partial charge in [-0.05, 0) is 30.9 Å². The number of esters is 1. The smallest absolute Gasteiger partial charge is 0.412 e. The topological polar surface area (TPSA) is 173 Å². The number of H-pyrrole nitrogens is 1. The van der Waals surface area contributed by atoms with Crippen molar-refractivity contribution < 1.29 is 19.1 Å². The number of carbonyl (C=O) groups is 2. The number of nitriles is 1. The Hall–Kier alpha value is -3.62. The molecule has 0 unspecified atom stereocenters. The Morgan fingerprint density at radius 2 is 1.97 bits per heavy atom. The summed E-state index contributed by atoms with van der Waals surface area (Å²) in [6.07, 6.45) is 1.53. The Balaban J connectivity index is 1.79. The van der Waals surface area contributed by atoms with Crippen LogP contribution in [-0.2, 0) is 9.53 Å². The molecule has 0 spiro atoms. The molecule has 0 radical (unpaired) electrons. The number of carbonyl (C=O) groups excluding carboxylic acids is 2. The second kappa shape index (κ2) is 9.46. The number of aromatic amines is 1. The standard InChI is InChI=1S/C18H14Cl2N6O5/c19-11-4-9(23-24-13(7-21)17(28)31-18(22)29)5-12(20)15(11)30-14-6-10(8-2-1-3-8)16(27)26-25-14/h4-6,8,23H,1-3H2,(H2,22,29)(H,26,27). The van der Waals surface area contributed by atoms with Crippen molar-refractivity contribution in [2.75, 3.05) is 5.43 Å². The Kier molecular flexibility index (Phi) is 6.74. The molecule has 1 fully saturated rings. The minimum Gasteiger partial charge on any atom is -0.434 e. The minimum atomic E-state index is -1.38. The molecule has 1 aliphatic carbocycles. The monoisotopic (exact) mass is 464 g/mol. The summed E-state index contributed by atoms with van der Waals surface area (Å²) in [5.74, 6) is -0.971. The van der Waals surface area contributed by atoms with Gasteiger partial charge in [0.05, 0.1) is 15.7 Å². The summed E-state index contributed by atoms with van der Waals surface area (Å²) in [6.45, 7) is 0. The van der Waals surface area contributed by atoms with E-state index in [1.54, 1.807) is 6.07 Å². The van der Waals surface area contributed by atoms with Gasteiger partial charge in [0.2, 0.25) is 11.6 Å². The van der Waals surface area contributed by atoms with Crippen molar-refractivity contribution in [3.63, 3.8) is 0 Å². The normalized spacial score (nSPS) is 13.6. The van der Waals surface area contributed by atoms with E-state index in [0.717, 1.165) is 19.3 Å². The first-order valence-electron chi connectivity index (χ1n) is 8.80. The van der Waals surface area contributed by atoms with Crippen molar-refractivity contribution in [1.29, 1.82) is 5.26 Å². The molecule has 13 heteroatoms. The number of rotatable bonds is 6. The van der Waals surface area contributed by atoms with Crippen LogP contribution in [0.5, 0.6) is 11.6 Å². The molecule has 1 amide bonds. The lowest BCUT2D eigenvalue weighted by Gasteiger charge is -2.24. The summed E-state index contributed by atoms with van der Waals surface area (Å²) < 4.78 is 9.73. The van der Waals surface area contributed by atoms with E-state index in [4.69, 9.17) is 38.9 Å². The first-order chi connectivity index (χ1) is 14.8. The van der Waals surface area contributed by atoms with Crippen LogP contribution in [-0.4, -0.2) is 28.0 Å². The summed E-state index contributed by atoms with van der Waals surface area (Å²) >= 11 is 12.4. The molecule has 0 saturated heterocycles. The molecule has 2 aromatic rings. The van der Waals surface area contributed by atoms with Gasteiger partial charge >= 0.3 is 12.1 Å². The van der Waals surface area contributed by atoms with Crippen LogP contribution in [0.4, 0.5) is 10.5 Å². The SMILES string of the molecule is N#CC(=NNc1cc(Cl)c(Oc2cc(C3CCC3)c(=O)[nH]n2)c(Cl)c1)C(=O)OC(N)=O. The fraction of sp³-hybridized carbons (Fsp3) is 0.222. The second-order valence-electron chi connectivity index (χ2n) is 6.38. The van der Waals surface area contributed by atoms with E-state index in [2.05, 4.69) is 25.5 Å². The lowest BCUT2D eigenvalue weighted by molar-refractivity contribution is -0.129. The highest BCUT2D eigenvalue weighted by Gasteiger charge is 2.23. The summed E-state index contributed by atoms with van der Waals surface area (Å²) in [7, 11) is 0. The molecule has 160 valence electrons. The number of amides is 1. The number of primary amides is 1. The Morgan fingerprint density at radius 3 is 2.52 bits per heavy atom. The second-order valence-corrected chi connectivity index (χ2v) is 7.20. The van der Waals surface area contributed by atoms with Crippen LogP contribution < -0.4 is 21.5 Å². The predicted octanol–water partition coefficient (Wildman–Crippen LogP) is 3.05. The largest absolute Gasteiger partial charge is 0.434 e. The highest BCUT2D eigenvalue weighted by Crippen LogP contribution is 2.39. The Morgan fingerprint density at radius 1 is 1.29 bits per heavy atom. The number of benzene rings is 1. The average Bonchev–Trinajstić information content (AvgIpc) is 2.65. The van der Waals surface area contributed by atoms with E-state index in [9.17, 15) is 14.4 Å². The third-order valence-corrected chi connectivity index (χ3v) is 4.91. The Bertz CT molecular complexity index is 1150. The van der Waals surface area contributed by atoms with Crippen LogP contribution in [0.2, 0.25) is 10.0 Å². The molecule has 1 aromatic heterocycles. The van der Waals surface area contributed by atoms with E-state index in [0.29, 0.717) is 5.56 Å². The molecule has 1 aromatic carbocycles. The maximum Gasteiger partial charge on any atom is 0.412 e. The highest BCUT2D eigenvalue weighted by molar-refractivity contribution is 6.44. The summed E-state index contributed by atoms with van der Waals surface area (Å²) in [4.78, 5) is 34.1. The van der Waals surface area contributed by atoms with E-state index >= 15 is 0 Å². The number of nitrogens with one attached hydrogen (secondary N) is 2. The van der Waals surface area contributed by atoms with Crippen molar-refractivity contribution in [3.8, 4) is 17.7 Å². The molecule has 0 bridgehead atoms. The van der Waals surface area contributed by atoms with Crippen LogP contribution in [0.15, 0.2) is 28.1 Å². The molecule has 1 saturated carbocycles. The summed E-state index contributed by atoms with van der Waals surface area (Å²) in [6, 6.07) is 5.73. The first-order valence-corrected chi connectivity index (χ1v) is 9.56. The zero-order valence-corrected chi connectivity index (χ0v) is 17.2. The third-order valence-electron chi connectivity index (χ3n) is 4.35. The number of hydrogen-bond acceptors (Lipinski definition) is 9. The lowest BCUT2D eigenvalue weighted by Crippen LogP contribution is -2.24. The molecule has 11 nitrogen and oxygen atoms in total. The first kappa shape index (κ1) is 22.1. The molecule has 31 heavy (non-hydrogen) atoms. The Labute approximate surface area is 184 Å². The minimum absolute atomic E-state index is 0.0571. The number of anilines is 1. The third kappa shape index (κ3) is 5.30. The van der Waals surface area contributed by atoms with Crippen molar-refractivity contribution in [2.45, 2.75) is 25.2 Å². The molecule has 0 atom stereocenters. The van der Waals surface area contributed by atoms with Crippen LogP contribution in [0.1, 0.15) is 30.7 Å². The number of halogens is 2. The highest BCUT2D eigenvalue weighted by atomic mass is 35.5. The summed E-state index contributed by atoms with van der Waals surface area (Å²) in [5, 5.41) is 18.8. The fourth-order valence-electron chi connectivity index (χ4n) is 2.68. The average molecular weight is 465 g/mol.